The predicted octanol–water partition coefficient (Wildman–Crippen LogP) is 13.2. The van der Waals surface area contributed by atoms with Crippen LogP contribution in [0.25, 0.3) is 60.5 Å². The molecule has 3 heteroatoms. The first-order valence-corrected chi connectivity index (χ1v) is 18.5. The van der Waals surface area contributed by atoms with E-state index in [0.29, 0.717) is 5.25 Å². The van der Waals surface area contributed by atoms with Crippen LogP contribution in [0.3, 0.4) is 0 Å². The van der Waals surface area contributed by atoms with Crippen molar-refractivity contribution >= 4 is 60.3 Å². The van der Waals surface area contributed by atoms with Gasteiger partial charge in [-0.25, -0.2) is 0 Å². The van der Waals surface area contributed by atoms with E-state index in [9.17, 15) is 0 Å². The lowest BCUT2D eigenvalue weighted by molar-refractivity contribution is 0.660. The highest BCUT2D eigenvalue weighted by molar-refractivity contribution is 9.09. The first-order chi connectivity index (χ1) is 23.5. The smallest absolute Gasteiger partial charge is 0.0569 e. The van der Waals surface area contributed by atoms with Gasteiger partial charge >= 0.3 is 0 Å². The summed E-state index contributed by atoms with van der Waals surface area (Å²) in [6, 6.07) is 54.3. The molecule has 2 unspecified atom stereocenters. The van der Waals surface area contributed by atoms with E-state index in [4.69, 9.17) is 0 Å². The van der Waals surface area contributed by atoms with Gasteiger partial charge in [-0.3, -0.25) is 0 Å². The standard InChI is InChI=1S/C45H32BrNS/c1-45(2)38-16-7-5-13-32(38)33-21-20-30(26-39(33)45)47-40-17-8-6-14-34(40)36-24-28(18-22-41(36)47)29-19-23-42-37(25-29)43(46)44(48-42)35-15-9-11-27-10-3-4-12-31(27)35/h3-26,43-44H,1-2H3. The van der Waals surface area contributed by atoms with E-state index < -0.39 is 0 Å². The Morgan fingerprint density at radius 3 is 2.19 bits per heavy atom. The van der Waals surface area contributed by atoms with Gasteiger partial charge in [0.15, 0.2) is 0 Å². The number of rotatable bonds is 3. The summed E-state index contributed by atoms with van der Waals surface area (Å²) in [5, 5.41) is 5.53. The Bertz CT molecular complexity index is 2600. The van der Waals surface area contributed by atoms with Gasteiger partial charge in [0.05, 0.1) is 21.1 Å². The van der Waals surface area contributed by atoms with E-state index in [1.54, 1.807) is 0 Å². The fraction of sp³-hybridized carbons (Fsp3) is 0.111. The molecule has 1 nitrogen and oxygen atoms in total. The van der Waals surface area contributed by atoms with Crippen LogP contribution in [0.2, 0.25) is 0 Å². The average Bonchev–Trinajstić information content (AvgIpc) is 3.72. The first kappa shape index (κ1) is 28.4. The minimum absolute atomic E-state index is 0.0420. The topological polar surface area (TPSA) is 4.93 Å². The van der Waals surface area contributed by atoms with Crippen LogP contribution in [0.1, 0.15) is 46.2 Å². The maximum atomic E-state index is 4.15. The van der Waals surface area contributed by atoms with Crippen molar-refractivity contribution in [2.24, 2.45) is 0 Å². The van der Waals surface area contributed by atoms with Crippen LogP contribution in [-0.2, 0) is 5.41 Å². The van der Waals surface area contributed by atoms with Gasteiger partial charge < -0.3 is 4.57 Å². The maximum absolute atomic E-state index is 4.15. The molecular weight excluding hydrogens is 666 g/mol. The van der Waals surface area contributed by atoms with Gasteiger partial charge in [0.1, 0.15) is 0 Å². The maximum Gasteiger partial charge on any atom is 0.0569 e. The summed E-state index contributed by atoms with van der Waals surface area (Å²) in [6.45, 7) is 4.72. The molecule has 1 aromatic heterocycles. The molecule has 2 heterocycles. The third-order valence-electron chi connectivity index (χ3n) is 10.8. The highest BCUT2D eigenvalue weighted by Crippen LogP contribution is 2.58. The number of hydrogen-bond acceptors (Lipinski definition) is 1. The van der Waals surface area contributed by atoms with Crippen molar-refractivity contribution in [2.75, 3.05) is 0 Å². The highest BCUT2D eigenvalue weighted by Gasteiger charge is 2.36. The number of fused-ring (bicyclic) bond motifs is 8. The van der Waals surface area contributed by atoms with Crippen molar-refractivity contribution in [3.8, 4) is 27.9 Å². The Balaban J connectivity index is 1.07. The second-order valence-electron chi connectivity index (χ2n) is 13.7. The number of hydrogen-bond donors (Lipinski definition) is 0. The lowest BCUT2D eigenvalue weighted by Crippen LogP contribution is -2.15. The lowest BCUT2D eigenvalue weighted by Gasteiger charge is -2.22. The Morgan fingerprint density at radius 1 is 0.562 bits per heavy atom. The highest BCUT2D eigenvalue weighted by atomic mass is 79.9. The molecule has 230 valence electrons. The van der Waals surface area contributed by atoms with Crippen molar-refractivity contribution in [3.05, 3.63) is 168 Å². The van der Waals surface area contributed by atoms with Crippen molar-refractivity contribution in [1.29, 1.82) is 0 Å². The van der Waals surface area contributed by atoms with Crippen molar-refractivity contribution < 1.29 is 0 Å². The molecule has 0 spiro atoms. The first-order valence-electron chi connectivity index (χ1n) is 16.7. The molecule has 48 heavy (non-hydrogen) atoms. The quantitative estimate of drug-likeness (QED) is 0.166. The van der Waals surface area contributed by atoms with Gasteiger partial charge in [0, 0.05) is 26.8 Å². The largest absolute Gasteiger partial charge is 0.309 e. The van der Waals surface area contributed by atoms with Crippen molar-refractivity contribution in [2.45, 2.75) is 34.2 Å². The van der Waals surface area contributed by atoms with E-state index in [1.807, 2.05) is 11.8 Å². The van der Waals surface area contributed by atoms with Crippen LogP contribution >= 0.6 is 27.7 Å². The fourth-order valence-corrected chi connectivity index (χ4v) is 10.9. The predicted molar refractivity (Wildman–Crippen MR) is 208 cm³/mol. The molecule has 0 bridgehead atoms. The van der Waals surface area contributed by atoms with Gasteiger partial charge in [0.2, 0.25) is 0 Å². The second-order valence-corrected chi connectivity index (χ2v) is 15.9. The molecule has 0 saturated heterocycles. The van der Waals surface area contributed by atoms with Gasteiger partial charge in [0.25, 0.3) is 0 Å². The summed E-state index contributed by atoms with van der Waals surface area (Å²) >= 11 is 6.12. The molecule has 7 aromatic carbocycles. The zero-order valence-electron chi connectivity index (χ0n) is 26.7. The number of thioether (sulfide) groups is 1. The van der Waals surface area contributed by atoms with Gasteiger partial charge in [-0.05, 0) is 97.7 Å². The molecule has 0 radical (unpaired) electrons. The van der Waals surface area contributed by atoms with E-state index in [-0.39, 0.29) is 10.2 Å². The Morgan fingerprint density at radius 2 is 1.27 bits per heavy atom. The molecule has 1 aliphatic carbocycles. The van der Waals surface area contributed by atoms with Gasteiger partial charge in [-0.15, -0.1) is 11.8 Å². The van der Waals surface area contributed by atoms with Crippen LogP contribution in [0.15, 0.2) is 150 Å². The third kappa shape index (κ3) is 4.04. The van der Waals surface area contributed by atoms with Crippen molar-refractivity contribution in [1.82, 2.24) is 4.57 Å². The number of benzene rings is 7. The molecule has 0 fully saturated rings. The number of halogens is 1. The zero-order valence-corrected chi connectivity index (χ0v) is 29.1. The molecule has 1 aliphatic heterocycles. The molecule has 2 atom stereocenters. The Labute approximate surface area is 293 Å². The number of alkyl halides is 1. The fourth-order valence-electron chi connectivity index (χ4n) is 8.39. The molecular formula is C45H32BrNS. The molecule has 2 aliphatic rings. The summed E-state index contributed by atoms with van der Waals surface area (Å²) in [5.74, 6) is 0. The molecule has 0 amide bonds. The normalized spacial score (nSPS) is 17.6. The van der Waals surface area contributed by atoms with Crippen LogP contribution < -0.4 is 0 Å². The third-order valence-corrected chi connectivity index (χ3v) is 13.6. The monoisotopic (exact) mass is 697 g/mol. The lowest BCUT2D eigenvalue weighted by atomic mass is 9.82. The van der Waals surface area contributed by atoms with Gasteiger partial charge in [-0.1, -0.05) is 133 Å². The summed E-state index contributed by atoms with van der Waals surface area (Å²) in [6.07, 6.45) is 0. The average molecular weight is 699 g/mol. The van der Waals surface area contributed by atoms with Crippen LogP contribution in [0, 0.1) is 0 Å². The number of nitrogens with zero attached hydrogens (tertiary/aromatic N) is 1. The van der Waals surface area contributed by atoms with E-state index in [0.717, 1.165) is 0 Å². The van der Waals surface area contributed by atoms with Crippen molar-refractivity contribution in [3.63, 3.8) is 0 Å². The summed E-state index contributed by atoms with van der Waals surface area (Å²) < 4.78 is 2.45. The van der Waals surface area contributed by atoms with Crippen LogP contribution in [0.5, 0.6) is 0 Å². The number of aromatic nitrogens is 1. The molecule has 0 saturated carbocycles. The second kappa shape index (κ2) is 10.5. The minimum atomic E-state index is -0.0420. The molecule has 10 rings (SSSR count). The van der Waals surface area contributed by atoms with E-state index in [1.165, 1.54) is 87.7 Å². The Hall–Kier alpha value is -4.57. The SMILES string of the molecule is CC1(C)c2ccccc2-c2ccc(-n3c4ccccc4c4cc(-c5ccc6c(c5)C(Br)C(c5cccc7ccccc57)S6)ccc43)cc21. The summed E-state index contributed by atoms with van der Waals surface area (Å²) in [5.41, 5.74) is 14.4. The summed E-state index contributed by atoms with van der Waals surface area (Å²) in [4.78, 5) is 1.60. The zero-order chi connectivity index (χ0) is 32.1. The van der Waals surface area contributed by atoms with Crippen LogP contribution in [-0.4, -0.2) is 4.57 Å². The van der Waals surface area contributed by atoms with Crippen LogP contribution in [0.4, 0.5) is 0 Å². The van der Waals surface area contributed by atoms with Gasteiger partial charge in [-0.2, -0.15) is 0 Å². The minimum Gasteiger partial charge on any atom is -0.309 e. The molecule has 0 N–H and O–H groups in total. The van der Waals surface area contributed by atoms with E-state index >= 15 is 0 Å². The summed E-state index contributed by atoms with van der Waals surface area (Å²) in [7, 11) is 0. The Kier molecular flexibility index (Phi) is 6.20. The number of para-hydroxylation sites is 1. The van der Waals surface area contributed by atoms with E-state index in [2.05, 4.69) is 180 Å². The molecule has 8 aromatic rings.